The van der Waals surface area contributed by atoms with Gasteiger partial charge in [-0.15, -0.1) is 0 Å². The maximum Gasteiger partial charge on any atom is 0.227 e. The number of likely N-dealkylation sites (N-methyl/N-ethyl adjacent to an activating group) is 1. The zero-order valence-corrected chi connectivity index (χ0v) is 11.3. The van der Waals surface area contributed by atoms with Crippen LogP contribution < -0.4 is 5.73 Å². The van der Waals surface area contributed by atoms with Crippen LogP contribution in [-0.2, 0) is 11.2 Å². The van der Waals surface area contributed by atoms with Crippen LogP contribution in [0.3, 0.4) is 0 Å². The molecule has 1 aliphatic heterocycles. The van der Waals surface area contributed by atoms with E-state index in [2.05, 4.69) is 11.9 Å². The van der Waals surface area contributed by atoms with E-state index < -0.39 is 0 Å². The van der Waals surface area contributed by atoms with Crippen molar-refractivity contribution in [3.05, 3.63) is 28.8 Å². The summed E-state index contributed by atoms with van der Waals surface area (Å²) in [6.45, 7) is 3.43. The summed E-state index contributed by atoms with van der Waals surface area (Å²) < 4.78 is 0. The van der Waals surface area contributed by atoms with Crippen molar-refractivity contribution in [3.8, 4) is 0 Å². The van der Waals surface area contributed by atoms with Crippen LogP contribution in [0.4, 0.5) is 5.69 Å². The number of carbonyl (C=O) groups is 1. The standard InChI is InChI=1S/C13H18ClN3O/c1-16-4-6-17(7-5-16)13(18)9-10-8-11(15)2-3-12(10)14/h2-3,8H,4-7,9,15H2,1H3. The van der Waals surface area contributed by atoms with E-state index >= 15 is 0 Å². The zero-order valence-electron chi connectivity index (χ0n) is 10.5. The van der Waals surface area contributed by atoms with Crippen molar-refractivity contribution in [2.24, 2.45) is 0 Å². The number of nitrogen functional groups attached to an aromatic ring is 1. The van der Waals surface area contributed by atoms with Crippen LogP contribution in [0.25, 0.3) is 0 Å². The minimum Gasteiger partial charge on any atom is -0.399 e. The summed E-state index contributed by atoms with van der Waals surface area (Å²) in [5, 5.41) is 0.603. The van der Waals surface area contributed by atoms with E-state index in [-0.39, 0.29) is 5.91 Å². The number of nitrogens with zero attached hydrogens (tertiary/aromatic N) is 2. The highest BCUT2D eigenvalue weighted by Gasteiger charge is 2.19. The van der Waals surface area contributed by atoms with E-state index in [9.17, 15) is 4.79 Å². The third-order valence-corrected chi connectivity index (χ3v) is 3.64. The minimum atomic E-state index is 0.121. The van der Waals surface area contributed by atoms with Gasteiger partial charge in [-0.25, -0.2) is 0 Å². The monoisotopic (exact) mass is 267 g/mol. The van der Waals surface area contributed by atoms with Gasteiger partial charge in [-0.05, 0) is 30.8 Å². The van der Waals surface area contributed by atoms with Crippen molar-refractivity contribution >= 4 is 23.2 Å². The molecule has 2 rings (SSSR count). The summed E-state index contributed by atoms with van der Waals surface area (Å²) in [5.41, 5.74) is 7.16. The molecule has 18 heavy (non-hydrogen) atoms. The van der Waals surface area contributed by atoms with Gasteiger partial charge in [0.05, 0.1) is 6.42 Å². The Bertz CT molecular complexity index is 442. The van der Waals surface area contributed by atoms with Gasteiger partial charge < -0.3 is 15.5 Å². The number of halogens is 1. The largest absolute Gasteiger partial charge is 0.399 e. The summed E-state index contributed by atoms with van der Waals surface area (Å²) in [6, 6.07) is 5.26. The third kappa shape index (κ3) is 3.15. The second-order valence-electron chi connectivity index (χ2n) is 4.71. The molecule has 1 aliphatic rings. The Hall–Kier alpha value is -1.26. The molecular weight excluding hydrogens is 250 g/mol. The highest BCUT2D eigenvalue weighted by Crippen LogP contribution is 2.20. The Morgan fingerprint density at radius 1 is 1.33 bits per heavy atom. The van der Waals surface area contributed by atoms with Gasteiger partial charge in [0.15, 0.2) is 0 Å². The lowest BCUT2D eigenvalue weighted by Crippen LogP contribution is -2.47. The molecule has 0 unspecified atom stereocenters. The highest BCUT2D eigenvalue weighted by molar-refractivity contribution is 6.31. The van der Waals surface area contributed by atoms with E-state index in [1.54, 1.807) is 18.2 Å². The van der Waals surface area contributed by atoms with E-state index in [4.69, 9.17) is 17.3 Å². The maximum absolute atomic E-state index is 12.1. The molecular formula is C13H18ClN3O. The second kappa shape index (κ2) is 5.59. The number of nitrogens with two attached hydrogens (primary N) is 1. The number of benzene rings is 1. The molecule has 1 fully saturated rings. The predicted molar refractivity (Wildman–Crippen MR) is 73.6 cm³/mol. The lowest BCUT2D eigenvalue weighted by Gasteiger charge is -2.32. The van der Waals surface area contributed by atoms with Crippen LogP contribution in [0.1, 0.15) is 5.56 Å². The van der Waals surface area contributed by atoms with Crippen molar-refractivity contribution in [2.75, 3.05) is 39.0 Å². The number of amides is 1. The van der Waals surface area contributed by atoms with Crippen molar-refractivity contribution < 1.29 is 4.79 Å². The van der Waals surface area contributed by atoms with Crippen LogP contribution in [0.15, 0.2) is 18.2 Å². The Balaban J connectivity index is 2.00. The first kappa shape index (κ1) is 13.2. The first-order valence-electron chi connectivity index (χ1n) is 6.06. The zero-order chi connectivity index (χ0) is 13.1. The number of hydrogen-bond acceptors (Lipinski definition) is 3. The fourth-order valence-corrected chi connectivity index (χ4v) is 2.25. The summed E-state index contributed by atoms with van der Waals surface area (Å²) in [7, 11) is 2.07. The molecule has 4 nitrogen and oxygen atoms in total. The van der Waals surface area contributed by atoms with Crippen LogP contribution in [0.2, 0.25) is 5.02 Å². The van der Waals surface area contributed by atoms with Crippen molar-refractivity contribution in [1.29, 1.82) is 0 Å². The minimum absolute atomic E-state index is 0.121. The average Bonchev–Trinajstić information content (AvgIpc) is 2.34. The first-order chi connectivity index (χ1) is 8.56. The van der Waals surface area contributed by atoms with E-state index in [0.717, 1.165) is 31.7 Å². The molecule has 1 saturated heterocycles. The van der Waals surface area contributed by atoms with Gasteiger partial charge in [0.25, 0.3) is 0 Å². The molecule has 1 amide bonds. The number of anilines is 1. The molecule has 1 heterocycles. The van der Waals surface area contributed by atoms with Gasteiger partial charge in [0.1, 0.15) is 0 Å². The lowest BCUT2D eigenvalue weighted by atomic mass is 10.1. The van der Waals surface area contributed by atoms with E-state index in [1.807, 2.05) is 4.90 Å². The Morgan fingerprint density at radius 2 is 2.00 bits per heavy atom. The average molecular weight is 268 g/mol. The molecule has 0 saturated carbocycles. The second-order valence-corrected chi connectivity index (χ2v) is 5.12. The van der Waals surface area contributed by atoms with Gasteiger partial charge >= 0.3 is 0 Å². The summed E-state index contributed by atoms with van der Waals surface area (Å²) in [4.78, 5) is 16.3. The Kier molecular flexibility index (Phi) is 4.09. The smallest absolute Gasteiger partial charge is 0.227 e. The summed E-state index contributed by atoms with van der Waals surface area (Å²) in [6.07, 6.45) is 0.327. The molecule has 1 aromatic carbocycles. The van der Waals surface area contributed by atoms with Crippen LogP contribution >= 0.6 is 11.6 Å². The van der Waals surface area contributed by atoms with Crippen LogP contribution in [-0.4, -0.2) is 48.9 Å². The van der Waals surface area contributed by atoms with E-state index in [1.165, 1.54) is 0 Å². The SMILES string of the molecule is CN1CCN(C(=O)Cc2cc(N)ccc2Cl)CC1. The quantitative estimate of drug-likeness (QED) is 0.821. The molecule has 0 aliphatic carbocycles. The highest BCUT2D eigenvalue weighted by atomic mass is 35.5. The first-order valence-corrected chi connectivity index (χ1v) is 6.44. The molecule has 1 aromatic rings. The van der Waals surface area contributed by atoms with Gasteiger partial charge in [0.2, 0.25) is 5.91 Å². The molecule has 0 atom stereocenters. The van der Waals surface area contributed by atoms with Gasteiger partial charge in [0, 0.05) is 36.9 Å². The number of rotatable bonds is 2. The Labute approximate surface area is 112 Å². The molecule has 0 spiro atoms. The molecule has 0 radical (unpaired) electrons. The van der Waals surface area contributed by atoms with Crippen molar-refractivity contribution in [2.45, 2.75) is 6.42 Å². The number of piperazine rings is 1. The van der Waals surface area contributed by atoms with Gasteiger partial charge in [-0.3, -0.25) is 4.79 Å². The van der Waals surface area contributed by atoms with Crippen LogP contribution in [0.5, 0.6) is 0 Å². The lowest BCUT2D eigenvalue weighted by molar-refractivity contribution is -0.132. The van der Waals surface area contributed by atoms with Crippen LogP contribution in [0, 0.1) is 0 Å². The molecule has 2 N–H and O–H groups in total. The number of hydrogen-bond donors (Lipinski definition) is 1. The predicted octanol–water partition coefficient (Wildman–Crippen LogP) is 1.24. The molecule has 0 aromatic heterocycles. The normalized spacial score (nSPS) is 16.9. The molecule has 5 heteroatoms. The summed E-state index contributed by atoms with van der Waals surface area (Å²) in [5.74, 6) is 0.121. The van der Waals surface area contributed by atoms with E-state index in [0.29, 0.717) is 17.1 Å². The Morgan fingerprint density at radius 3 is 2.67 bits per heavy atom. The van der Waals surface area contributed by atoms with Gasteiger partial charge in [-0.1, -0.05) is 11.6 Å². The van der Waals surface area contributed by atoms with Gasteiger partial charge in [-0.2, -0.15) is 0 Å². The third-order valence-electron chi connectivity index (χ3n) is 3.27. The topological polar surface area (TPSA) is 49.6 Å². The number of carbonyl (C=O) groups excluding carboxylic acids is 1. The fraction of sp³-hybridized carbons (Fsp3) is 0.462. The van der Waals surface area contributed by atoms with Crippen molar-refractivity contribution in [1.82, 2.24) is 9.80 Å². The molecule has 98 valence electrons. The van der Waals surface area contributed by atoms with Crippen molar-refractivity contribution in [3.63, 3.8) is 0 Å². The molecule has 0 bridgehead atoms. The summed E-state index contributed by atoms with van der Waals surface area (Å²) >= 11 is 6.07. The maximum atomic E-state index is 12.1. The fourth-order valence-electron chi connectivity index (χ4n) is 2.06.